The normalized spacial score (nSPS) is 10.7. The summed E-state index contributed by atoms with van der Waals surface area (Å²) in [4.78, 5) is 10.3. The first-order valence-corrected chi connectivity index (χ1v) is 8.52. The fourth-order valence-corrected chi connectivity index (χ4v) is 2.74. The highest BCUT2D eigenvalue weighted by Gasteiger charge is 2.20. The van der Waals surface area contributed by atoms with Gasteiger partial charge in [0.25, 0.3) is 0 Å². The van der Waals surface area contributed by atoms with Gasteiger partial charge in [-0.2, -0.15) is 0 Å². The SMILES string of the molecule is CCOc1ccc(OCC)c(-c2c(C=C[N+](=O)[O-])ccc(OC)c2OC)c1. The van der Waals surface area contributed by atoms with E-state index < -0.39 is 4.92 Å². The first-order valence-electron chi connectivity index (χ1n) is 8.52. The van der Waals surface area contributed by atoms with Crippen LogP contribution >= 0.6 is 0 Å². The van der Waals surface area contributed by atoms with Gasteiger partial charge in [0.1, 0.15) is 11.5 Å². The number of nitro groups is 1. The summed E-state index contributed by atoms with van der Waals surface area (Å²) in [6.45, 7) is 4.76. The number of nitrogens with zero attached hydrogens (tertiary/aromatic N) is 1. The Morgan fingerprint density at radius 1 is 1.00 bits per heavy atom. The summed E-state index contributed by atoms with van der Waals surface area (Å²) in [5.41, 5.74) is 1.92. The molecule has 2 aromatic carbocycles. The zero-order valence-corrected chi connectivity index (χ0v) is 15.9. The number of ether oxygens (including phenoxy) is 4. The standard InChI is InChI=1S/C20H23NO6/c1-5-26-15-8-10-17(27-6-2)16(13-15)19-14(11-12-21(22)23)7-9-18(24-3)20(19)25-4/h7-13H,5-6H2,1-4H3. The van der Waals surface area contributed by atoms with Gasteiger partial charge in [-0.05, 0) is 43.7 Å². The lowest BCUT2D eigenvalue weighted by Crippen LogP contribution is -2.00. The molecule has 0 aliphatic rings. The molecule has 2 aromatic rings. The molecule has 0 amide bonds. The van der Waals surface area contributed by atoms with E-state index in [-0.39, 0.29) is 0 Å². The van der Waals surface area contributed by atoms with Gasteiger partial charge in [-0.1, -0.05) is 6.07 Å². The van der Waals surface area contributed by atoms with E-state index in [0.29, 0.717) is 52.9 Å². The second-order valence-corrected chi connectivity index (χ2v) is 5.39. The average Bonchev–Trinajstić information content (AvgIpc) is 2.67. The smallest absolute Gasteiger partial charge is 0.235 e. The van der Waals surface area contributed by atoms with Crippen molar-refractivity contribution in [3.05, 3.63) is 52.2 Å². The topological polar surface area (TPSA) is 80.1 Å². The summed E-state index contributed by atoms with van der Waals surface area (Å²) in [5.74, 6) is 2.24. The number of hydrogen-bond donors (Lipinski definition) is 0. The Morgan fingerprint density at radius 3 is 2.30 bits per heavy atom. The Balaban J connectivity index is 2.80. The zero-order valence-electron chi connectivity index (χ0n) is 15.9. The predicted molar refractivity (Wildman–Crippen MR) is 103 cm³/mol. The molecule has 0 spiro atoms. The van der Waals surface area contributed by atoms with Gasteiger partial charge in [-0.3, -0.25) is 10.1 Å². The van der Waals surface area contributed by atoms with Crippen molar-refractivity contribution in [2.24, 2.45) is 0 Å². The molecule has 0 aromatic heterocycles. The molecule has 27 heavy (non-hydrogen) atoms. The molecule has 0 fully saturated rings. The molecule has 0 saturated heterocycles. The maximum absolute atomic E-state index is 10.8. The lowest BCUT2D eigenvalue weighted by molar-refractivity contribution is -0.400. The minimum atomic E-state index is -0.513. The van der Waals surface area contributed by atoms with Crippen LogP contribution in [0.1, 0.15) is 19.4 Å². The second kappa shape index (κ2) is 9.47. The van der Waals surface area contributed by atoms with Crippen molar-refractivity contribution >= 4 is 6.08 Å². The van der Waals surface area contributed by atoms with Gasteiger partial charge in [-0.15, -0.1) is 0 Å². The Bertz CT molecular complexity index is 831. The van der Waals surface area contributed by atoms with Gasteiger partial charge in [0, 0.05) is 17.2 Å². The van der Waals surface area contributed by atoms with Crippen molar-refractivity contribution in [3.63, 3.8) is 0 Å². The first-order chi connectivity index (χ1) is 13.0. The van der Waals surface area contributed by atoms with Crippen molar-refractivity contribution in [1.29, 1.82) is 0 Å². The minimum absolute atomic E-state index is 0.456. The Kier molecular flexibility index (Phi) is 7.05. The third-order valence-electron chi connectivity index (χ3n) is 3.78. The summed E-state index contributed by atoms with van der Waals surface area (Å²) in [6, 6.07) is 8.89. The van der Waals surface area contributed by atoms with Crippen LogP contribution in [-0.4, -0.2) is 32.4 Å². The summed E-state index contributed by atoms with van der Waals surface area (Å²) in [7, 11) is 3.06. The first kappa shape index (κ1) is 20.1. The van der Waals surface area contributed by atoms with Crippen molar-refractivity contribution in [2.45, 2.75) is 13.8 Å². The van der Waals surface area contributed by atoms with Gasteiger partial charge < -0.3 is 18.9 Å². The summed E-state index contributed by atoms with van der Waals surface area (Å²) in [6.07, 6.45) is 2.30. The van der Waals surface area contributed by atoms with Crippen LogP contribution in [-0.2, 0) is 0 Å². The molecule has 0 aliphatic carbocycles. The van der Waals surface area contributed by atoms with Crippen LogP contribution in [0.25, 0.3) is 17.2 Å². The average molecular weight is 373 g/mol. The van der Waals surface area contributed by atoms with Crippen molar-refractivity contribution < 1.29 is 23.9 Å². The van der Waals surface area contributed by atoms with Crippen molar-refractivity contribution in [2.75, 3.05) is 27.4 Å². The van der Waals surface area contributed by atoms with E-state index in [2.05, 4.69) is 0 Å². The molecule has 7 nitrogen and oxygen atoms in total. The number of benzene rings is 2. The van der Waals surface area contributed by atoms with Gasteiger partial charge >= 0.3 is 0 Å². The molecule has 0 heterocycles. The van der Waals surface area contributed by atoms with Crippen molar-refractivity contribution in [3.8, 4) is 34.1 Å². The molecule has 2 rings (SSSR count). The summed E-state index contributed by atoms with van der Waals surface area (Å²) < 4.78 is 22.4. The molecule has 0 atom stereocenters. The van der Waals surface area contributed by atoms with Crippen LogP contribution < -0.4 is 18.9 Å². The fourth-order valence-electron chi connectivity index (χ4n) is 2.74. The minimum Gasteiger partial charge on any atom is -0.494 e. The predicted octanol–water partition coefficient (Wildman–Crippen LogP) is 4.42. The highest BCUT2D eigenvalue weighted by Crippen LogP contribution is 2.45. The summed E-state index contributed by atoms with van der Waals surface area (Å²) in [5, 5.41) is 10.8. The zero-order chi connectivity index (χ0) is 19.8. The van der Waals surface area contributed by atoms with Crippen LogP contribution in [0.2, 0.25) is 0 Å². The van der Waals surface area contributed by atoms with Gasteiger partial charge in [0.2, 0.25) is 6.20 Å². The van der Waals surface area contributed by atoms with E-state index in [4.69, 9.17) is 18.9 Å². The Morgan fingerprint density at radius 2 is 1.70 bits per heavy atom. The molecular weight excluding hydrogens is 350 g/mol. The van der Waals surface area contributed by atoms with Crippen LogP contribution in [0.4, 0.5) is 0 Å². The highest BCUT2D eigenvalue weighted by atomic mass is 16.6. The lowest BCUT2D eigenvalue weighted by Gasteiger charge is -2.19. The van der Waals surface area contributed by atoms with Crippen molar-refractivity contribution in [1.82, 2.24) is 0 Å². The molecule has 0 N–H and O–H groups in total. The van der Waals surface area contributed by atoms with E-state index >= 15 is 0 Å². The number of methoxy groups -OCH3 is 2. The van der Waals surface area contributed by atoms with E-state index in [1.807, 2.05) is 32.0 Å². The fraction of sp³-hybridized carbons (Fsp3) is 0.300. The van der Waals surface area contributed by atoms with E-state index in [9.17, 15) is 10.1 Å². The Hall–Kier alpha value is -3.22. The monoisotopic (exact) mass is 373 g/mol. The molecule has 0 unspecified atom stereocenters. The van der Waals surface area contributed by atoms with E-state index in [0.717, 1.165) is 6.20 Å². The van der Waals surface area contributed by atoms with Crippen LogP contribution in [0.5, 0.6) is 23.0 Å². The van der Waals surface area contributed by atoms with E-state index in [1.165, 1.54) is 20.3 Å². The number of rotatable bonds is 9. The Labute approximate surface area is 158 Å². The molecular formula is C20H23NO6. The molecule has 0 saturated carbocycles. The molecule has 0 radical (unpaired) electrons. The van der Waals surface area contributed by atoms with Crippen LogP contribution in [0, 0.1) is 10.1 Å². The van der Waals surface area contributed by atoms with Gasteiger partial charge in [0.15, 0.2) is 11.5 Å². The van der Waals surface area contributed by atoms with Gasteiger partial charge in [0.05, 0.1) is 32.4 Å². The quantitative estimate of drug-likeness (QED) is 0.478. The van der Waals surface area contributed by atoms with Gasteiger partial charge in [-0.25, -0.2) is 0 Å². The largest absolute Gasteiger partial charge is 0.494 e. The maximum atomic E-state index is 10.8. The maximum Gasteiger partial charge on any atom is 0.235 e. The van der Waals surface area contributed by atoms with Crippen LogP contribution in [0.15, 0.2) is 36.5 Å². The summed E-state index contributed by atoms with van der Waals surface area (Å²) >= 11 is 0. The van der Waals surface area contributed by atoms with E-state index in [1.54, 1.807) is 12.1 Å². The lowest BCUT2D eigenvalue weighted by atomic mass is 9.96. The molecule has 144 valence electrons. The third kappa shape index (κ3) is 4.69. The number of hydrogen-bond acceptors (Lipinski definition) is 6. The van der Waals surface area contributed by atoms with Crippen LogP contribution in [0.3, 0.4) is 0 Å². The molecule has 0 aliphatic heterocycles. The molecule has 0 bridgehead atoms. The third-order valence-corrected chi connectivity index (χ3v) is 3.78. The highest BCUT2D eigenvalue weighted by molar-refractivity contribution is 5.86. The second-order valence-electron chi connectivity index (χ2n) is 5.39. The molecule has 7 heteroatoms.